The van der Waals surface area contributed by atoms with Crippen LogP contribution in [0.5, 0.6) is 0 Å². The Morgan fingerprint density at radius 2 is 2.71 bits per heavy atom. The van der Waals surface area contributed by atoms with Crippen molar-refractivity contribution in [2.24, 2.45) is 5.10 Å². The average Bonchev–Trinajstić information content (AvgIpc) is 1.91. The molecule has 1 amide bonds. The van der Waals surface area contributed by atoms with Gasteiger partial charge in [-0.3, -0.25) is 4.79 Å². The van der Waals surface area contributed by atoms with Gasteiger partial charge in [0, 0.05) is 18.0 Å². The van der Waals surface area contributed by atoms with Crippen LogP contribution in [0.25, 0.3) is 0 Å². The molecule has 0 saturated carbocycles. The Labute approximate surface area is 45.7 Å². The second-order valence-electron chi connectivity index (χ2n) is 1.16. The smallest absolute Gasteiger partial charge is 0.263 e. The van der Waals surface area contributed by atoms with Crippen LogP contribution in [0.4, 0.5) is 0 Å². The maximum absolute atomic E-state index is 10.2. The topological polar surface area (TPSA) is 32.7 Å². The van der Waals surface area contributed by atoms with Gasteiger partial charge in [0.25, 0.3) is 5.91 Å². The number of halogens is 1. The fourth-order valence-corrected chi connectivity index (χ4v) is 0.461. The van der Waals surface area contributed by atoms with E-state index in [1.807, 2.05) is 0 Å². The normalized spacial score (nSPS) is 19.0. The molecule has 0 aromatic carbocycles. The first-order chi connectivity index (χ1) is 3.30. The van der Waals surface area contributed by atoms with E-state index in [1.54, 1.807) is 0 Å². The van der Waals surface area contributed by atoms with E-state index in [9.17, 15) is 4.79 Å². The standard InChI is InChI=1S/C3H3ClN2O/c4-6-3(7)1-2-5-6/h2H,1H2. The van der Waals surface area contributed by atoms with Crippen molar-refractivity contribution < 1.29 is 4.79 Å². The average molecular weight is 119 g/mol. The number of carbonyl (C=O) groups is 1. The van der Waals surface area contributed by atoms with E-state index < -0.39 is 0 Å². The van der Waals surface area contributed by atoms with Gasteiger partial charge in [-0.25, -0.2) is 0 Å². The molecule has 38 valence electrons. The van der Waals surface area contributed by atoms with Crippen LogP contribution < -0.4 is 0 Å². The number of hydrazone groups is 1. The molecule has 1 rings (SSSR count). The monoisotopic (exact) mass is 118 g/mol. The molecule has 0 aliphatic carbocycles. The summed E-state index contributed by atoms with van der Waals surface area (Å²) in [5.74, 6) is -0.165. The Morgan fingerprint density at radius 1 is 2.00 bits per heavy atom. The number of hydrogen-bond donors (Lipinski definition) is 0. The molecule has 7 heavy (non-hydrogen) atoms. The highest BCUT2D eigenvalue weighted by atomic mass is 35.5. The molecule has 4 heteroatoms. The Hall–Kier alpha value is -0.570. The molecule has 0 fully saturated rings. The first kappa shape index (κ1) is 4.59. The van der Waals surface area contributed by atoms with Crippen LogP contribution >= 0.6 is 11.8 Å². The van der Waals surface area contributed by atoms with Crippen LogP contribution in [0.3, 0.4) is 0 Å². The van der Waals surface area contributed by atoms with Crippen LogP contribution in [0.1, 0.15) is 6.42 Å². The predicted molar refractivity (Wildman–Crippen MR) is 25.8 cm³/mol. The van der Waals surface area contributed by atoms with Crippen LogP contribution in [0, 0.1) is 0 Å². The summed E-state index contributed by atoms with van der Waals surface area (Å²) in [6.07, 6.45) is 1.80. The molecule has 0 atom stereocenters. The largest absolute Gasteiger partial charge is 0.271 e. The second-order valence-corrected chi connectivity index (χ2v) is 1.48. The van der Waals surface area contributed by atoms with Gasteiger partial charge >= 0.3 is 0 Å². The third-order valence-corrected chi connectivity index (χ3v) is 0.931. The van der Waals surface area contributed by atoms with Gasteiger partial charge in [0.05, 0.1) is 6.42 Å². The number of hydrogen-bond acceptors (Lipinski definition) is 2. The van der Waals surface area contributed by atoms with Crippen LogP contribution in [0.15, 0.2) is 5.10 Å². The van der Waals surface area contributed by atoms with Crippen molar-refractivity contribution in [3.05, 3.63) is 0 Å². The van der Waals surface area contributed by atoms with Crippen molar-refractivity contribution in [3.8, 4) is 0 Å². The zero-order chi connectivity index (χ0) is 5.28. The minimum atomic E-state index is -0.165. The minimum Gasteiger partial charge on any atom is -0.271 e. The van der Waals surface area contributed by atoms with E-state index in [0.717, 1.165) is 4.53 Å². The van der Waals surface area contributed by atoms with Crippen LogP contribution in [-0.2, 0) is 4.79 Å². The molecule has 1 heterocycles. The summed E-state index contributed by atoms with van der Waals surface area (Å²) >= 11 is 5.15. The number of carbonyl (C=O) groups excluding carboxylic acids is 1. The van der Waals surface area contributed by atoms with Gasteiger partial charge in [-0.15, -0.1) is 4.53 Å². The van der Waals surface area contributed by atoms with Crippen molar-refractivity contribution >= 4 is 23.9 Å². The van der Waals surface area contributed by atoms with Crippen molar-refractivity contribution in [2.75, 3.05) is 0 Å². The minimum absolute atomic E-state index is 0.165. The molecule has 0 N–H and O–H groups in total. The lowest BCUT2D eigenvalue weighted by atomic mass is 10.5. The molecule has 0 bridgehead atoms. The Bertz CT molecular complexity index is 122. The third kappa shape index (κ3) is 0.718. The summed E-state index contributed by atoms with van der Waals surface area (Å²) in [5.41, 5.74) is 0. The maximum Gasteiger partial charge on any atom is 0.263 e. The van der Waals surface area contributed by atoms with Gasteiger partial charge < -0.3 is 0 Å². The van der Waals surface area contributed by atoms with E-state index >= 15 is 0 Å². The molecule has 0 aromatic rings. The molecular weight excluding hydrogens is 115 g/mol. The zero-order valence-corrected chi connectivity index (χ0v) is 4.22. The fraction of sp³-hybridized carbons (Fsp3) is 0.333. The number of rotatable bonds is 0. The van der Waals surface area contributed by atoms with Gasteiger partial charge in [-0.2, -0.15) is 5.10 Å². The van der Waals surface area contributed by atoms with Gasteiger partial charge in [0.2, 0.25) is 0 Å². The van der Waals surface area contributed by atoms with Crippen molar-refractivity contribution in [3.63, 3.8) is 0 Å². The molecular formula is C3H3ClN2O. The van der Waals surface area contributed by atoms with Crippen molar-refractivity contribution in [2.45, 2.75) is 6.42 Å². The maximum atomic E-state index is 10.2. The predicted octanol–water partition coefficient (Wildman–Crippen LogP) is 0.358. The van der Waals surface area contributed by atoms with Crippen molar-refractivity contribution in [1.82, 2.24) is 4.53 Å². The number of amides is 1. The SMILES string of the molecule is O=C1CC=NN1Cl. The van der Waals surface area contributed by atoms with Crippen LogP contribution in [-0.4, -0.2) is 16.6 Å². The summed E-state index contributed by atoms with van der Waals surface area (Å²) in [6, 6.07) is 0. The first-order valence-corrected chi connectivity index (χ1v) is 2.15. The summed E-state index contributed by atoms with van der Waals surface area (Å²) in [7, 11) is 0. The second kappa shape index (κ2) is 1.50. The quantitative estimate of drug-likeness (QED) is 0.423. The summed E-state index contributed by atoms with van der Waals surface area (Å²) in [6.45, 7) is 0. The van der Waals surface area contributed by atoms with Gasteiger partial charge in [0.15, 0.2) is 0 Å². The zero-order valence-electron chi connectivity index (χ0n) is 3.47. The fourth-order valence-electron chi connectivity index (χ4n) is 0.330. The first-order valence-electron chi connectivity index (χ1n) is 1.82. The number of nitrogens with zero attached hydrogens (tertiary/aromatic N) is 2. The van der Waals surface area contributed by atoms with E-state index in [0.29, 0.717) is 6.42 Å². The van der Waals surface area contributed by atoms with E-state index in [-0.39, 0.29) is 5.91 Å². The molecule has 0 saturated heterocycles. The third-order valence-electron chi connectivity index (χ3n) is 0.655. The Balaban J connectivity index is 2.62. The van der Waals surface area contributed by atoms with Gasteiger partial charge in [0.1, 0.15) is 0 Å². The summed E-state index contributed by atoms with van der Waals surface area (Å²) < 4.78 is 0.806. The molecule has 1 aliphatic heterocycles. The Morgan fingerprint density at radius 3 is 2.86 bits per heavy atom. The van der Waals surface area contributed by atoms with E-state index in [1.165, 1.54) is 6.21 Å². The summed E-state index contributed by atoms with van der Waals surface area (Å²) in [4.78, 5) is 10.2. The summed E-state index contributed by atoms with van der Waals surface area (Å²) in [5, 5.41) is 3.44. The highest BCUT2D eigenvalue weighted by molar-refractivity contribution is 6.23. The molecule has 1 aliphatic rings. The lowest BCUT2D eigenvalue weighted by molar-refractivity contribution is -0.124. The Kier molecular flexibility index (Phi) is 0.982. The molecule has 0 radical (unpaired) electrons. The molecule has 3 nitrogen and oxygen atoms in total. The van der Waals surface area contributed by atoms with Gasteiger partial charge in [-0.1, -0.05) is 0 Å². The lowest BCUT2D eigenvalue weighted by Crippen LogP contribution is -2.07. The molecule has 0 aromatic heterocycles. The highest BCUT2D eigenvalue weighted by Gasteiger charge is 2.12. The van der Waals surface area contributed by atoms with E-state index in [4.69, 9.17) is 11.8 Å². The van der Waals surface area contributed by atoms with Gasteiger partial charge in [-0.05, 0) is 0 Å². The molecule has 0 spiro atoms. The highest BCUT2D eigenvalue weighted by Crippen LogP contribution is 2.03. The van der Waals surface area contributed by atoms with E-state index in [2.05, 4.69) is 5.10 Å². The van der Waals surface area contributed by atoms with Crippen molar-refractivity contribution in [1.29, 1.82) is 0 Å². The molecule has 0 unspecified atom stereocenters. The van der Waals surface area contributed by atoms with Crippen LogP contribution in [0.2, 0.25) is 0 Å². The lowest BCUT2D eigenvalue weighted by Gasteiger charge is -1.93.